The highest BCUT2D eigenvalue weighted by molar-refractivity contribution is 5.92. The molecule has 0 aromatic heterocycles. The molecule has 0 spiro atoms. The fraction of sp³-hybridized carbons (Fsp3) is 0.364. The first-order valence-corrected chi connectivity index (χ1v) is 9.08. The Hall–Kier alpha value is -2.62. The van der Waals surface area contributed by atoms with E-state index >= 15 is 0 Å². The van der Waals surface area contributed by atoms with E-state index in [9.17, 15) is 9.59 Å². The molecular weight excluding hydrogens is 324 g/mol. The van der Waals surface area contributed by atoms with Crippen LogP contribution >= 0.6 is 0 Å². The van der Waals surface area contributed by atoms with Gasteiger partial charge in [-0.3, -0.25) is 9.59 Å². The van der Waals surface area contributed by atoms with Crippen LogP contribution in [0, 0.1) is 27.7 Å². The number of amides is 2. The number of carbonyl (C=O) groups excluding carboxylic acids is 2. The molecule has 0 aliphatic carbocycles. The number of carbonyl (C=O) groups is 2. The van der Waals surface area contributed by atoms with Crippen molar-refractivity contribution < 1.29 is 9.59 Å². The summed E-state index contributed by atoms with van der Waals surface area (Å²) in [5.74, 6) is -0.0190. The van der Waals surface area contributed by atoms with E-state index in [1.807, 2.05) is 52.0 Å². The van der Waals surface area contributed by atoms with Gasteiger partial charge in [-0.1, -0.05) is 12.1 Å². The molecule has 4 heteroatoms. The molecule has 0 fully saturated rings. The number of benzene rings is 2. The molecule has 0 saturated heterocycles. The predicted molar refractivity (Wildman–Crippen MR) is 108 cm³/mol. The molecule has 2 aromatic carbocycles. The van der Waals surface area contributed by atoms with Crippen molar-refractivity contribution in [3.8, 4) is 0 Å². The van der Waals surface area contributed by atoms with Gasteiger partial charge in [0.25, 0.3) is 0 Å². The van der Waals surface area contributed by atoms with E-state index in [1.54, 1.807) is 0 Å². The van der Waals surface area contributed by atoms with Crippen LogP contribution in [0.4, 0.5) is 11.4 Å². The highest BCUT2D eigenvalue weighted by Gasteiger charge is 2.06. The second kappa shape index (κ2) is 9.18. The molecule has 0 unspecified atom stereocenters. The Morgan fingerprint density at radius 3 is 1.23 bits per heavy atom. The fourth-order valence-corrected chi connectivity index (χ4v) is 3.11. The average molecular weight is 352 g/mol. The Balaban J connectivity index is 1.70. The highest BCUT2D eigenvalue weighted by atomic mass is 16.2. The van der Waals surface area contributed by atoms with Gasteiger partial charge in [0.05, 0.1) is 0 Å². The standard InChI is InChI=1S/C22H28N2O2/c1-15-9-16(2)12-19(11-15)23-21(25)7-5-6-8-22(26)24-20-13-17(3)10-18(4)14-20/h9-14H,5-8H2,1-4H3,(H,23,25)(H,24,26). The first kappa shape index (κ1) is 19.7. The molecule has 2 rings (SSSR count). The maximum atomic E-state index is 12.0. The predicted octanol–water partition coefficient (Wildman–Crippen LogP) is 5.06. The van der Waals surface area contributed by atoms with Crippen molar-refractivity contribution in [1.82, 2.24) is 0 Å². The molecule has 138 valence electrons. The van der Waals surface area contributed by atoms with Crippen LogP contribution in [0.15, 0.2) is 36.4 Å². The van der Waals surface area contributed by atoms with E-state index in [1.165, 1.54) is 0 Å². The van der Waals surface area contributed by atoms with Crippen LogP contribution < -0.4 is 10.6 Å². The molecule has 0 bridgehead atoms. The van der Waals surface area contributed by atoms with E-state index < -0.39 is 0 Å². The zero-order valence-electron chi connectivity index (χ0n) is 16.1. The van der Waals surface area contributed by atoms with Crippen molar-refractivity contribution in [3.63, 3.8) is 0 Å². The fourth-order valence-electron chi connectivity index (χ4n) is 3.11. The maximum absolute atomic E-state index is 12.0. The highest BCUT2D eigenvalue weighted by Crippen LogP contribution is 2.16. The Bertz CT molecular complexity index is 689. The number of rotatable bonds is 7. The molecule has 2 aromatic rings. The van der Waals surface area contributed by atoms with Crippen LogP contribution in [0.5, 0.6) is 0 Å². The first-order valence-electron chi connectivity index (χ1n) is 9.08. The number of hydrogen-bond donors (Lipinski definition) is 2. The SMILES string of the molecule is Cc1cc(C)cc(NC(=O)CCCCC(=O)Nc2cc(C)cc(C)c2)c1. The summed E-state index contributed by atoms with van der Waals surface area (Å²) in [6.07, 6.45) is 2.22. The zero-order valence-corrected chi connectivity index (χ0v) is 16.1. The van der Waals surface area contributed by atoms with Crippen LogP contribution in [0.3, 0.4) is 0 Å². The molecule has 26 heavy (non-hydrogen) atoms. The zero-order chi connectivity index (χ0) is 19.1. The lowest BCUT2D eigenvalue weighted by Crippen LogP contribution is -2.13. The molecule has 4 nitrogen and oxygen atoms in total. The van der Waals surface area contributed by atoms with Crippen molar-refractivity contribution in [2.24, 2.45) is 0 Å². The van der Waals surface area contributed by atoms with E-state index in [4.69, 9.17) is 0 Å². The number of aryl methyl sites for hydroxylation is 4. The third-order valence-electron chi connectivity index (χ3n) is 4.07. The molecular formula is C22H28N2O2. The largest absolute Gasteiger partial charge is 0.326 e. The van der Waals surface area contributed by atoms with Gasteiger partial charge in [0.1, 0.15) is 0 Å². The molecule has 0 aliphatic heterocycles. The summed E-state index contributed by atoms with van der Waals surface area (Å²) < 4.78 is 0. The quantitative estimate of drug-likeness (QED) is 0.684. The Morgan fingerprint density at radius 2 is 0.923 bits per heavy atom. The summed E-state index contributed by atoms with van der Waals surface area (Å²) in [7, 11) is 0. The number of nitrogens with one attached hydrogen (secondary N) is 2. The van der Waals surface area contributed by atoms with Crippen LogP contribution in [0.25, 0.3) is 0 Å². The Morgan fingerprint density at radius 1 is 0.615 bits per heavy atom. The van der Waals surface area contributed by atoms with Gasteiger partial charge in [0.15, 0.2) is 0 Å². The van der Waals surface area contributed by atoms with Gasteiger partial charge >= 0.3 is 0 Å². The maximum Gasteiger partial charge on any atom is 0.224 e. The summed E-state index contributed by atoms with van der Waals surface area (Å²) in [6.45, 7) is 8.04. The lowest BCUT2D eigenvalue weighted by atomic mass is 10.1. The summed E-state index contributed by atoms with van der Waals surface area (Å²) in [5, 5.41) is 5.85. The van der Waals surface area contributed by atoms with Gasteiger partial charge in [-0.2, -0.15) is 0 Å². The molecule has 0 aliphatic rings. The minimum Gasteiger partial charge on any atom is -0.326 e. The van der Waals surface area contributed by atoms with E-state index in [-0.39, 0.29) is 11.8 Å². The minimum atomic E-state index is -0.00952. The van der Waals surface area contributed by atoms with Crippen molar-refractivity contribution >= 4 is 23.2 Å². The van der Waals surface area contributed by atoms with Crippen molar-refractivity contribution in [3.05, 3.63) is 58.7 Å². The van der Waals surface area contributed by atoms with Gasteiger partial charge in [-0.25, -0.2) is 0 Å². The van der Waals surface area contributed by atoms with Crippen LogP contribution in [0.1, 0.15) is 47.9 Å². The number of hydrogen-bond acceptors (Lipinski definition) is 2. The van der Waals surface area contributed by atoms with Crippen molar-refractivity contribution in [2.45, 2.75) is 53.4 Å². The average Bonchev–Trinajstić information content (AvgIpc) is 2.49. The third-order valence-corrected chi connectivity index (χ3v) is 4.07. The van der Waals surface area contributed by atoms with Gasteiger partial charge in [-0.05, 0) is 87.1 Å². The third kappa shape index (κ3) is 6.71. The topological polar surface area (TPSA) is 58.2 Å². The Kier molecular flexibility index (Phi) is 6.96. The molecule has 0 radical (unpaired) electrons. The molecule has 2 N–H and O–H groups in total. The summed E-state index contributed by atoms with van der Waals surface area (Å²) in [4.78, 5) is 24.1. The summed E-state index contributed by atoms with van der Waals surface area (Å²) >= 11 is 0. The molecule has 0 heterocycles. The van der Waals surface area contributed by atoms with Gasteiger partial charge in [-0.15, -0.1) is 0 Å². The van der Waals surface area contributed by atoms with Crippen molar-refractivity contribution in [2.75, 3.05) is 10.6 Å². The lowest BCUT2D eigenvalue weighted by molar-refractivity contribution is -0.118. The second-order valence-corrected chi connectivity index (χ2v) is 7.06. The minimum absolute atomic E-state index is 0.00952. The summed E-state index contributed by atoms with van der Waals surface area (Å²) in [5.41, 5.74) is 6.18. The summed E-state index contributed by atoms with van der Waals surface area (Å²) in [6, 6.07) is 12.0. The van der Waals surface area contributed by atoms with Gasteiger partial charge < -0.3 is 10.6 Å². The first-order chi connectivity index (χ1) is 12.3. The lowest BCUT2D eigenvalue weighted by Gasteiger charge is -2.09. The van der Waals surface area contributed by atoms with Crippen molar-refractivity contribution in [1.29, 1.82) is 0 Å². The van der Waals surface area contributed by atoms with E-state index in [0.717, 1.165) is 33.6 Å². The second-order valence-electron chi connectivity index (χ2n) is 7.06. The molecule has 0 atom stereocenters. The van der Waals surface area contributed by atoms with Crippen LogP contribution in [-0.2, 0) is 9.59 Å². The molecule has 0 saturated carbocycles. The monoisotopic (exact) mass is 352 g/mol. The van der Waals surface area contributed by atoms with E-state index in [0.29, 0.717) is 25.7 Å². The molecule has 2 amide bonds. The smallest absolute Gasteiger partial charge is 0.224 e. The Labute approximate surface area is 156 Å². The number of anilines is 2. The number of unbranched alkanes of at least 4 members (excludes halogenated alkanes) is 1. The van der Waals surface area contributed by atoms with E-state index in [2.05, 4.69) is 22.8 Å². The van der Waals surface area contributed by atoms with Gasteiger partial charge in [0.2, 0.25) is 11.8 Å². The van der Waals surface area contributed by atoms with Gasteiger partial charge in [0, 0.05) is 24.2 Å². The van der Waals surface area contributed by atoms with Crippen LogP contribution in [0.2, 0.25) is 0 Å². The normalized spacial score (nSPS) is 10.5. The van der Waals surface area contributed by atoms with Crippen LogP contribution in [-0.4, -0.2) is 11.8 Å².